The lowest BCUT2D eigenvalue weighted by molar-refractivity contribution is -0.131. The first-order valence-electron chi connectivity index (χ1n) is 5.17. The van der Waals surface area contributed by atoms with Gasteiger partial charge in [0.25, 0.3) is 0 Å². The highest BCUT2D eigenvalue weighted by atomic mass is 16.2. The molecule has 1 amide bonds. The molecule has 3 heteroatoms. The minimum absolute atomic E-state index is 0.131. The van der Waals surface area contributed by atoms with Gasteiger partial charge in [-0.3, -0.25) is 4.79 Å². The molecule has 13 heavy (non-hydrogen) atoms. The summed E-state index contributed by atoms with van der Waals surface area (Å²) < 4.78 is 0. The molecule has 2 N–H and O–H groups in total. The fourth-order valence-corrected chi connectivity index (χ4v) is 1.49. The van der Waals surface area contributed by atoms with E-state index >= 15 is 0 Å². The van der Waals surface area contributed by atoms with E-state index in [0.717, 1.165) is 19.4 Å². The SMILES string of the molecule is CCCCCN(C)C(=O)C1CC1N. The minimum atomic E-state index is 0.131. The number of hydrogen-bond donors (Lipinski definition) is 1. The lowest BCUT2D eigenvalue weighted by Crippen LogP contribution is -2.30. The van der Waals surface area contributed by atoms with Crippen LogP contribution in [-0.4, -0.2) is 30.4 Å². The average Bonchev–Trinajstić information content (AvgIpc) is 2.81. The second kappa shape index (κ2) is 4.61. The molecule has 0 aliphatic heterocycles. The zero-order valence-corrected chi connectivity index (χ0v) is 8.62. The van der Waals surface area contributed by atoms with Gasteiger partial charge in [0.2, 0.25) is 5.91 Å². The molecule has 1 saturated carbocycles. The third kappa shape index (κ3) is 2.99. The van der Waals surface area contributed by atoms with Crippen LogP contribution in [0.4, 0.5) is 0 Å². The molecule has 0 saturated heterocycles. The predicted octanol–water partition coefficient (Wildman–Crippen LogP) is 0.982. The number of nitrogens with two attached hydrogens (primary N) is 1. The maximum atomic E-state index is 11.6. The summed E-state index contributed by atoms with van der Waals surface area (Å²) in [7, 11) is 1.88. The van der Waals surface area contributed by atoms with Crippen molar-refractivity contribution in [3.63, 3.8) is 0 Å². The average molecular weight is 184 g/mol. The van der Waals surface area contributed by atoms with E-state index in [9.17, 15) is 4.79 Å². The Labute approximate surface area is 80.3 Å². The third-order valence-electron chi connectivity index (χ3n) is 2.63. The Hall–Kier alpha value is -0.570. The highest BCUT2D eigenvalue weighted by Gasteiger charge is 2.41. The first-order chi connectivity index (χ1) is 6.16. The second-order valence-electron chi connectivity index (χ2n) is 3.97. The summed E-state index contributed by atoms with van der Waals surface area (Å²) in [5, 5.41) is 0. The number of rotatable bonds is 5. The van der Waals surface area contributed by atoms with Crippen molar-refractivity contribution in [1.82, 2.24) is 4.90 Å². The third-order valence-corrected chi connectivity index (χ3v) is 2.63. The summed E-state index contributed by atoms with van der Waals surface area (Å²) in [4.78, 5) is 13.4. The number of nitrogens with zero attached hydrogens (tertiary/aromatic N) is 1. The van der Waals surface area contributed by atoms with Crippen LogP contribution in [0.25, 0.3) is 0 Å². The molecule has 3 nitrogen and oxygen atoms in total. The lowest BCUT2D eigenvalue weighted by atomic mass is 10.2. The molecular formula is C10H20N2O. The maximum absolute atomic E-state index is 11.6. The van der Waals surface area contributed by atoms with Crippen LogP contribution in [0.1, 0.15) is 32.6 Å². The van der Waals surface area contributed by atoms with Crippen LogP contribution in [0.5, 0.6) is 0 Å². The summed E-state index contributed by atoms with van der Waals surface area (Å²) in [6.45, 7) is 3.05. The van der Waals surface area contributed by atoms with Gasteiger partial charge in [0.05, 0.1) is 5.92 Å². The summed E-state index contributed by atoms with van der Waals surface area (Å²) in [5.74, 6) is 0.371. The van der Waals surface area contributed by atoms with Crippen molar-refractivity contribution >= 4 is 5.91 Å². The van der Waals surface area contributed by atoms with E-state index in [4.69, 9.17) is 5.73 Å². The molecule has 0 heterocycles. The first kappa shape index (κ1) is 10.5. The Morgan fingerprint density at radius 3 is 2.62 bits per heavy atom. The van der Waals surface area contributed by atoms with Crippen molar-refractivity contribution in [2.45, 2.75) is 38.6 Å². The molecule has 0 aromatic rings. The number of carbonyl (C=O) groups is 1. The molecule has 1 rings (SSSR count). The van der Waals surface area contributed by atoms with Gasteiger partial charge in [-0.15, -0.1) is 0 Å². The largest absolute Gasteiger partial charge is 0.345 e. The van der Waals surface area contributed by atoms with Gasteiger partial charge in [-0.2, -0.15) is 0 Å². The zero-order chi connectivity index (χ0) is 9.84. The van der Waals surface area contributed by atoms with Crippen molar-refractivity contribution in [3.8, 4) is 0 Å². The van der Waals surface area contributed by atoms with Crippen LogP contribution in [-0.2, 0) is 4.79 Å². The van der Waals surface area contributed by atoms with Gasteiger partial charge in [0, 0.05) is 19.6 Å². The van der Waals surface area contributed by atoms with Crippen LogP contribution >= 0.6 is 0 Å². The van der Waals surface area contributed by atoms with E-state index in [1.807, 2.05) is 11.9 Å². The molecule has 2 atom stereocenters. The molecule has 0 aromatic carbocycles. The second-order valence-corrected chi connectivity index (χ2v) is 3.97. The molecule has 76 valence electrons. The first-order valence-corrected chi connectivity index (χ1v) is 5.17. The molecule has 1 aliphatic rings. The van der Waals surface area contributed by atoms with Gasteiger partial charge in [0.1, 0.15) is 0 Å². The van der Waals surface area contributed by atoms with Gasteiger partial charge >= 0.3 is 0 Å². The minimum Gasteiger partial charge on any atom is -0.345 e. The van der Waals surface area contributed by atoms with Crippen LogP contribution < -0.4 is 5.73 Å². The summed E-state index contributed by atoms with van der Waals surface area (Å²) in [6.07, 6.45) is 4.40. The van der Waals surface area contributed by atoms with Crippen molar-refractivity contribution in [3.05, 3.63) is 0 Å². The van der Waals surface area contributed by atoms with Crippen LogP contribution in [0.2, 0.25) is 0 Å². The zero-order valence-electron chi connectivity index (χ0n) is 8.62. The van der Waals surface area contributed by atoms with Crippen molar-refractivity contribution < 1.29 is 4.79 Å². The fourth-order valence-electron chi connectivity index (χ4n) is 1.49. The van der Waals surface area contributed by atoms with E-state index in [-0.39, 0.29) is 17.9 Å². The number of unbranched alkanes of at least 4 members (excludes halogenated alkanes) is 2. The monoisotopic (exact) mass is 184 g/mol. The van der Waals surface area contributed by atoms with Crippen LogP contribution in [0.15, 0.2) is 0 Å². The number of amides is 1. The fraction of sp³-hybridized carbons (Fsp3) is 0.900. The van der Waals surface area contributed by atoms with E-state index in [0.29, 0.717) is 0 Å². The normalized spacial score (nSPS) is 25.8. The van der Waals surface area contributed by atoms with Crippen molar-refractivity contribution in [2.24, 2.45) is 11.7 Å². The van der Waals surface area contributed by atoms with Crippen LogP contribution in [0, 0.1) is 5.92 Å². The van der Waals surface area contributed by atoms with Gasteiger partial charge in [-0.25, -0.2) is 0 Å². The standard InChI is InChI=1S/C10H20N2O/c1-3-4-5-6-12(2)10(13)8-7-9(8)11/h8-9H,3-7,11H2,1-2H3. The summed E-state index contributed by atoms with van der Waals surface area (Å²) in [5.41, 5.74) is 5.61. The number of hydrogen-bond acceptors (Lipinski definition) is 2. The molecule has 1 fully saturated rings. The molecule has 0 radical (unpaired) electrons. The van der Waals surface area contributed by atoms with Gasteiger partial charge in [-0.05, 0) is 12.8 Å². The highest BCUT2D eigenvalue weighted by molar-refractivity contribution is 5.82. The summed E-state index contributed by atoms with van der Waals surface area (Å²) >= 11 is 0. The van der Waals surface area contributed by atoms with Gasteiger partial charge < -0.3 is 10.6 Å². The quantitative estimate of drug-likeness (QED) is 0.647. The molecule has 0 bridgehead atoms. The number of carbonyl (C=O) groups excluding carboxylic acids is 1. The molecule has 1 aliphatic carbocycles. The van der Waals surface area contributed by atoms with Crippen molar-refractivity contribution in [2.75, 3.05) is 13.6 Å². The maximum Gasteiger partial charge on any atom is 0.227 e. The Bertz CT molecular complexity index is 182. The molecule has 0 aromatic heterocycles. The lowest BCUT2D eigenvalue weighted by Gasteiger charge is -2.16. The van der Waals surface area contributed by atoms with E-state index < -0.39 is 0 Å². The van der Waals surface area contributed by atoms with E-state index in [1.165, 1.54) is 12.8 Å². The Balaban J connectivity index is 2.15. The molecule has 2 unspecified atom stereocenters. The molecular weight excluding hydrogens is 164 g/mol. The van der Waals surface area contributed by atoms with E-state index in [1.54, 1.807) is 0 Å². The Morgan fingerprint density at radius 2 is 2.15 bits per heavy atom. The smallest absolute Gasteiger partial charge is 0.227 e. The Morgan fingerprint density at radius 1 is 1.54 bits per heavy atom. The summed E-state index contributed by atoms with van der Waals surface area (Å²) in [6, 6.07) is 0.140. The van der Waals surface area contributed by atoms with Gasteiger partial charge in [-0.1, -0.05) is 19.8 Å². The van der Waals surface area contributed by atoms with E-state index in [2.05, 4.69) is 6.92 Å². The predicted molar refractivity (Wildman–Crippen MR) is 53.2 cm³/mol. The van der Waals surface area contributed by atoms with Crippen molar-refractivity contribution in [1.29, 1.82) is 0 Å². The topological polar surface area (TPSA) is 46.3 Å². The Kier molecular flexibility index (Phi) is 3.72. The van der Waals surface area contributed by atoms with Gasteiger partial charge in [0.15, 0.2) is 0 Å². The van der Waals surface area contributed by atoms with Crippen LogP contribution in [0.3, 0.4) is 0 Å². The molecule has 0 spiro atoms. The highest BCUT2D eigenvalue weighted by Crippen LogP contribution is 2.29.